The number of carbonyl (C=O) groups excluding carboxylic acids is 1. The molecule has 0 atom stereocenters. The lowest BCUT2D eigenvalue weighted by Gasteiger charge is -2.22. The number of hydrogen-bond donors (Lipinski definition) is 2. The summed E-state index contributed by atoms with van der Waals surface area (Å²) in [7, 11) is 1.62. The molecule has 1 aromatic rings. The first-order chi connectivity index (χ1) is 8.48. The van der Waals surface area contributed by atoms with Crippen molar-refractivity contribution >= 4 is 11.6 Å². The van der Waals surface area contributed by atoms with E-state index in [1.807, 2.05) is 26.8 Å². The highest BCUT2D eigenvalue weighted by Crippen LogP contribution is 2.07. The zero-order valence-electron chi connectivity index (χ0n) is 11.4. The highest BCUT2D eigenvalue weighted by molar-refractivity contribution is 5.92. The Balaban J connectivity index is 2.56. The van der Waals surface area contributed by atoms with Crippen LogP contribution in [0, 0.1) is 0 Å². The Morgan fingerprint density at radius 2 is 2.17 bits per heavy atom. The van der Waals surface area contributed by atoms with Gasteiger partial charge in [0.05, 0.1) is 17.5 Å². The second kappa shape index (κ2) is 6.35. The Morgan fingerprint density at radius 3 is 2.67 bits per heavy atom. The van der Waals surface area contributed by atoms with Gasteiger partial charge in [-0.15, -0.1) is 0 Å². The predicted molar refractivity (Wildman–Crippen MR) is 71.8 cm³/mol. The van der Waals surface area contributed by atoms with Crippen LogP contribution in [0.3, 0.4) is 0 Å². The fourth-order valence-corrected chi connectivity index (χ4v) is 1.29. The van der Waals surface area contributed by atoms with Crippen LogP contribution in [0.2, 0.25) is 0 Å². The number of amides is 1. The molecule has 0 saturated heterocycles. The maximum atomic E-state index is 11.8. The van der Waals surface area contributed by atoms with Gasteiger partial charge in [-0.1, -0.05) is 0 Å². The molecule has 1 heterocycles. The maximum Gasteiger partial charge on any atom is 0.269 e. The fourth-order valence-electron chi connectivity index (χ4n) is 1.29. The molecule has 0 aliphatic carbocycles. The molecule has 100 valence electrons. The molecule has 0 bridgehead atoms. The summed E-state index contributed by atoms with van der Waals surface area (Å²) in [6.45, 7) is 7.10. The van der Waals surface area contributed by atoms with Crippen molar-refractivity contribution in [2.45, 2.75) is 26.4 Å². The molecule has 0 aliphatic rings. The van der Waals surface area contributed by atoms with E-state index in [4.69, 9.17) is 4.74 Å². The van der Waals surface area contributed by atoms with E-state index in [0.717, 1.165) is 12.2 Å². The molecule has 5 nitrogen and oxygen atoms in total. The first-order valence-corrected chi connectivity index (χ1v) is 6.02. The van der Waals surface area contributed by atoms with Gasteiger partial charge in [0.15, 0.2) is 0 Å². The van der Waals surface area contributed by atoms with Crippen LogP contribution in [-0.4, -0.2) is 36.7 Å². The lowest BCUT2D eigenvalue weighted by Crippen LogP contribution is -2.39. The van der Waals surface area contributed by atoms with E-state index in [-0.39, 0.29) is 11.5 Å². The molecule has 0 aromatic carbocycles. The Hall–Kier alpha value is -1.62. The molecule has 0 saturated carbocycles. The molecule has 2 N–H and O–H groups in total. The number of hydrogen-bond acceptors (Lipinski definition) is 4. The predicted octanol–water partition coefficient (Wildman–Crippen LogP) is 1.67. The van der Waals surface area contributed by atoms with Gasteiger partial charge >= 0.3 is 0 Å². The summed E-state index contributed by atoms with van der Waals surface area (Å²) >= 11 is 0. The second-order valence-electron chi connectivity index (χ2n) is 4.61. The number of rotatable bonds is 6. The highest BCUT2D eigenvalue weighted by Gasteiger charge is 2.18. The van der Waals surface area contributed by atoms with Crippen LogP contribution < -0.4 is 10.6 Å². The van der Waals surface area contributed by atoms with E-state index >= 15 is 0 Å². The van der Waals surface area contributed by atoms with Crippen molar-refractivity contribution in [2.24, 2.45) is 0 Å². The number of ether oxygens (including phenoxy) is 1. The zero-order chi connectivity index (χ0) is 13.6. The number of nitrogens with zero attached hydrogens (tertiary/aromatic N) is 1. The van der Waals surface area contributed by atoms with Crippen molar-refractivity contribution < 1.29 is 9.53 Å². The monoisotopic (exact) mass is 251 g/mol. The molecule has 0 unspecified atom stereocenters. The Kier molecular flexibility index (Phi) is 5.09. The van der Waals surface area contributed by atoms with Gasteiger partial charge in [-0.3, -0.25) is 4.79 Å². The molecule has 5 heteroatoms. The van der Waals surface area contributed by atoms with E-state index in [1.54, 1.807) is 19.4 Å². The van der Waals surface area contributed by atoms with Crippen LogP contribution in [0.1, 0.15) is 31.3 Å². The minimum atomic E-state index is -0.376. The number of carbonyl (C=O) groups is 1. The quantitative estimate of drug-likeness (QED) is 0.807. The van der Waals surface area contributed by atoms with E-state index in [2.05, 4.69) is 15.6 Å². The Morgan fingerprint density at radius 1 is 1.44 bits per heavy atom. The molecular weight excluding hydrogens is 230 g/mol. The average molecular weight is 251 g/mol. The van der Waals surface area contributed by atoms with Crippen molar-refractivity contribution in [2.75, 3.05) is 25.5 Å². The van der Waals surface area contributed by atoms with Crippen LogP contribution in [0.15, 0.2) is 18.3 Å². The number of aromatic nitrogens is 1. The average Bonchev–Trinajstić information content (AvgIpc) is 2.37. The van der Waals surface area contributed by atoms with Gasteiger partial charge < -0.3 is 15.4 Å². The Bertz CT molecular complexity index is 388. The largest absolute Gasteiger partial charge is 0.384 e. The second-order valence-corrected chi connectivity index (χ2v) is 4.61. The van der Waals surface area contributed by atoms with Gasteiger partial charge in [0, 0.05) is 20.2 Å². The van der Waals surface area contributed by atoms with Crippen molar-refractivity contribution in [1.29, 1.82) is 0 Å². The fraction of sp³-hybridized carbons (Fsp3) is 0.538. The Labute approximate surface area is 108 Å². The van der Waals surface area contributed by atoms with Crippen LogP contribution in [0.25, 0.3) is 0 Å². The molecule has 0 aliphatic heterocycles. The third-order valence-electron chi connectivity index (χ3n) is 2.60. The number of methoxy groups -OCH3 is 1. The van der Waals surface area contributed by atoms with E-state index in [0.29, 0.717) is 12.2 Å². The third-order valence-corrected chi connectivity index (χ3v) is 2.60. The maximum absolute atomic E-state index is 11.8. The summed E-state index contributed by atoms with van der Waals surface area (Å²) in [5.74, 6) is -0.192. The summed E-state index contributed by atoms with van der Waals surface area (Å²) in [5.41, 5.74) is 0.939. The summed E-state index contributed by atoms with van der Waals surface area (Å²) in [6, 6.07) is 3.54. The molecule has 0 fully saturated rings. The van der Waals surface area contributed by atoms with E-state index < -0.39 is 0 Å². The first-order valence-electron chi connectivity index (χ1n) is 6.02. The van der Waals surface area contributed by atoms with Gasteiger partial charge in [0.25, 0.3) is 5.91 Å². The number of anilines is 1. The van der Waals surface area contributed by atoms with Crippen molar-refractivity contribution in [1.82, 2.24) is 10.3 Å². The lowest BCUT2D eigenvalue weighted by molar-refractivity contribution is 0.0228. The number of nitrogens with one attached hydrogen (secondary N) is 2. The van der Waals surface area contributed by atoms with Crippen LogP contribution in [0.4, 0.5) is 5.69 Å². The molecule has 0 spiro atoms. The zero-order valence-corrected chi connectivity index (χ0v) is 11.4. The topological polar surface area (TPSA) is 63.2 Å². The van der Waals surface area contributed by atoms with Crippen LogP contribution >= 0.6 is 0 Å². The van der Waals surface area contributed by atoms with Gasteiger partial charge in [-0.25, -0.2) is 4.98 Å². The smallest absolute Gasteiger partial charge is 0.269 e. The molecule has 1 aromatic heterocycles. The summed E-state index contributed by atoms with van der Waals surface area (Å²) in [6.07, 6.45) is 1.65. The van der Waals surface area contributed by atoms with Gasteiger partial charge in [-0.05, 0) is 32.9 Å². The third kappa shape index (κ3) is 4.33. The summed E-state index contributed by atoms with van der Waals surface area (Å²) in [5, 5.41) is 5.92. The normalized spacial score (nSPS) is 11.1. The van der Waals surface area contributed by atoms with Crippen molar-refractivity contribution in [3.05, 3.63) is 24.0 Å². The van der Waals surface area contributed by atoms with Gasteiger partial charge in [-0.2, -0.15) is 0 Å². The molecule has 1 amide bonds. The molecular formula is C13H21N3O2. The van der Waals surface area contributed by atoms with Gasteiger partial charge in [0.1, 0.15) is 5.69 Å². The number of pyridine rings is 1. The minimum Gasteiger partial charge on any atom is -0.384 e. The lowest BCUT2D eigenvalue weighted by atomic mass is 10.1. The van der Waals surface area contributed by atoms with E-state index in [1.165, 1.54) is 0 Å². The van der Waals surface area contributed by atoms with Crippen LogP contribution in [0.5, 0.6) is 0 Å². The van der Waals surface area contributed by atoms with Gasteiger partial charge in [0.2, 0.25) is 0 Å². The SMILES string of the molecule is CCNc1ccc(C(=O)NCC(C)(C)OC)nc1. The molecule has 0 radical (unpaired) electrons. The molecule has 18 heavy (non-hydrogen) atoms. The van der Waals surface area contributed by atoms with E-state index in [9.17, 15) is 4.79 Å². The van der Waals surface area contributed by atoms with Crippen LogP contribution in [-0.2, 0) is 4.74 Å². The highest BCUT2D eigenvalue weighted by atomic mass is 16.5. The summed E-state index contributed by atoms with van der Waals surface area (Å²) in [4.78, 5) is 15.9. The van der Waals surface area contributed by atoms with Crippen molar-refractivity contribution in [3.8, 4) is 0 Å². The standard InChI is InChI=1S/C13H21N3O2/c1-5-14-10-6-7-11(15-8-10)12(17)16-9-13(2,3)18-4/h6-8,14H,5,9H2,1-4H3,(H,16,17). The van der Waals surface area contributed by atoms with Crippen molar-refractivity contribution in [3.63, 3.8) is 0 Å². The molecule has 1 rings (SSSR count). The first kappa shape index (κ1) is 14.4. The minimum absolute atomic E-state index is 0.192. The summed E-state index contributed by atoms with van der Waals surface area (Å²) < 4.78 is 5.23.